The fourth-order valence-electron chi connectivity index (χ4n) is 9.39. The van der Waals surface area contributed by atoms with Gasteiger partial charge in [-0.2, -0.15) is 0 Å². The van der Waals surface area contributed by atoms with Crippen LogP contribution in [0.2, 0.25) is 0 Å². The molecule has 0 aliphatic heterocycles. The lowest BCUT2D eigenvalue weighted by Crippen LogP contribution is -2.15. The van der Waals surface area contributed by atoms with E-state index in [9.17, 15) is 0 Å². The monoisotopic (exact) mass is 706 g/mol. The SMILES string of the molecule is CC1(C)c2ccccc2-c2ccc(-c3nc(-c4ccccc4)nc(-c4ccc(-n5c6ccccc6c6cc7c(cc65)C(C)(C)c5ccccc5-7)cc4)n3)cc21. The molecule has 4 heteroatoms. The fraction of sp³-hybridized carbons (Fsp3) is 0.118. The van der Waals surface area contributed by atoms with Crippen molar-refractivity contribution < 1.29 is 0 Å². The highest BCUT2D eigenvalue weighted by Gasteiger charge is 2.37. The highest BCUT2D eigenvalue weighted by molar-refractivity contribution is 6.11. The predicted molar refractivity (Wildman–Crippen MR) is 226 cm³/mol. The molecular formula is C51H38N4. The van der Waals surface area contributed by atoms with Crippen LogP contribution in [0.5, 0.6) is 0 Å². The van der Waals surface area contributed by atoms with Crippen molar-refractivity contribution in [1.29, 1.82) is 0 Å². The molecule has 0 saturated heterocycles. The minimum Gasteiger partial charge on any atom is -0.309 e. The van der Waals surface area contributed by atoms with Gasteiger partial charge >= 0.3 is 0 Å². The average molecular weight is 707 g/mol. The molecule has 0 unspecified atom stereocenters. The van der Waals surface area contributed by atoms with Gasteiger partial charge < -0.3 is 4.57 Å². The zero-order valence-corrected chi connectivity index (χ0v) is 31.3. The number of rotatable bonds is 4. The van der Waals surface area contributed by atoms with Crippen molar-refractivity contribution in [1.82, 2.24) is 19.5 Å². The lowest BCUT2D eigenvalue weighted by molar-refractivity contribution is 0.660. The van der Waals surface area contributed by atoms with Crippen molar-refractivity contribution in [2.45, 2.75) is 38.5 Å². The van der Waals surface area contributed by atoms with E-state index in [1.54, 1.807) is 0 Å². The number of aromatic nitrogens is 4. The van der Waals surface area contributed by atoms with Crippen LogP contribution in [-0.2, 0) is 10.8 Å². The van der Waals surface area contributed by atoms with Crippen LogP contribution >= 0.6 is 0 Å². The van der Waals surface area contributed by atoms with Crippen LogP contribution in [-0.4, -0.2) is 19.5 Å². The smallest absolute Gasteiger partial charge is 0.164 e. The summed E-state index contributed by atoms with van der Waals surface area (Å²) < 4.78 is 2.41. The third-order valence-electron chi connectivity index (χ3n) is 12.3. The normalized spacial score (nSPS) is 14.5. The molecule has 0 N–H and O–H groups in total. The van der Waals surface area contributed by atoms with Crippen LogP contribution in [0.4, 0.5) is 0 Å². The summed E-state index contributed by atoms with van der Waals surface area (Å²) in [4.78, 5) is 15.3. The van der Waals surface area contributed by atoms with E-state index in [0.717, 1.165) is 22.4 Å². The van der Waals surface area contributed by atoms with Gasteiger partial charge in [-0.1, -0.05) is 137 Å². The minimum atomic E-state index is -0.123. The maximum absolute atomic E-state index is 5.16. The molecule has 9 aromatic rings. The standard InChI is InChI=1S/C51H38N4/c1-50(2)41-19-11-8-16-35(41)37-27-24-33(28-43(37)50)49-53-47(31-14-6-5-7-15-31)52-48(54-49)32-22-25-34(26-23-32)55-45-21-13-10-18-38(45)40-29-39-36-17-9-12-20-42(36)51(3,4)44(39)30-46(40)55/h5-30H,1-4H3. The van der Waals surface area contributed by atoms with E-state index in [2.05, 4.69) is 172 Å². The molecule has 4 nitrogen and oxygen atoms in total. The summed E-state index contributed by atoms with van der Waals surface area (Å²) in [5.41, 5.74) is 16.8. The van der Waals surface area contributed by atoms with Crippen LogP contribution in [0.1, 0.15) is 49.9 Å². The molecule has 7 aromatic carbocycles. The molecule has 0 atom stereocenters. The van der Waals surface area contributed by atoms with E-state index in [0.29, 0.717) is 17.5 Å². The van der Waals surface area contributed by atoms with Crippen LogP contribution in [0.15, 0.2) is 158 Å². The highest BCUT2D eigenvalue weighted by atomic mass is 15.0. The van der Waals surface area contributed by atoms with Gasteiger partial charge in [0.2, 0.25) is 0 Å². The molecule has 0 bridgehead atoms. The number of para-hydroxylation sites is 1. The number of nitrogens with zero attached hydrogens (tertiary/aromatic N) is 4. The zero-order chi connectivity index (χ0) is 37.1. The Labute approximate surface area is 320 Å². The van der Waals surface area contributed by atoms with E-state index >= 15 is 0 Å². The topological polar surface area (TPSA) is 43.6 Å². The summed E-state index contributed by atoms with van der Waals surface area (Å²) in [6, 6.07) is 56.8. The van der Waals surface area contributed by atoms with Crippen molar-refractivity contribution >= 4 is 21.8 Å². The van der Waals surface area contributed by atoms with Gasteiger partial charge in [-0.05, 0) is 93.0 Å². The Morgan fingerprint density at radius 3 is 1.56 bits per heavy atom. The Morgan fingerprint density at radius 2 is 0.873 bits per heavy atom. The summed E-state index contributed by atoms with van der Waals surface area (Å²) in [5.74, 6) is 1.98. The molecule has 0 fully saturated rings. The molecule has 0 amide bonds. The van der Waals surface area contributed by atoms with Crippen LogP contribution in [0, 0.1) is 0 Å². The first-order valence-corrected chi connectivity index (χ1v) is 19.1. The summed E-state index contributed by atoms with van der Waals surface area (Å²) in [6.07, 6.45) is 0. The Balaban J connectivity index is 1.04. The van der Waals surface area contributed by atoms with Crippen LogP contribution in [0.3, 0.4) is 0 Å². The van der Waals surface area contributed by atoms with Crippen molar-refractivity contribution in [3.63, 3.8) is 0 Å². The summed E-state index contributed by atoms with van der Waals surface area (Å²) in [7, 11) is 0. The Bertz CT molecular complexity index is 3020. The molecule has 2 aromatic heterocycles. The van der Waals surface area contributed by atoms with Gasteiger partial charge in [-0.3, -0.25) is 0 Å². The first-order valence-electron chi connectivity index (χ1n) is 19.1. The molecule has 11 rings (SSSR count). The van der Waals surface area contributed by atoms with Crippen molar-refractivity contribution in [3.8, 4) is 62.1 Å². The maximum Gasteiger partial charge on any atom is 0.164 e. The molecule has 0 spiro atoms. The zero-order valence-electron chi connectivity index (χ0n) is 31.3. The van der Waals surface area contributed by atoms with Gasteiger partial charge in [0.25, 0.3) is 0 Å². The quantitative estimate of drug-likeness (QED) is 0.183. The lowest BCUT2D eigenvalue weighted by Gasteiger charge is -2.22. The summed E-state index contributed by atoms with van der Waals surface area (Å²) >= 11 is 0. The van der Waals surface area contributed by atoms with Gasteiger partial charge in [-0.15, -0.1) is 0 Å². The Kier molecular flexibility index (Phi) is 6.61. The molecule has 2 heterocycles. The van der Waals surface area contributed by atoms with E-state index in [-0.39, 0.29) is 10.8 Å². The highest BCUT2D eigenvalue weighted by Crippen LogP contribution is 2.52. The second-order valence-electron chi connectivity index (χ2n) is 16.1. The first-order chi connectivity index (χ1) is 26.8. The van der Waals surface area contributed by atoms with Gasteiger partial charge in [0.05, 0.1) is 11.0 Å². The van der Waals surface area contributed by atoms with E-state index < -0.39 is 0 Å². The second-order valence-corrected chi connectivity index (χ2v) is 16.1. The third kappa shape index (κ3) is 4.61. The number of benzene rings is 7. The van der Waals surface area contributed by atoms with E-state index in [4.69, 9.17) is 15.0 Å². The third-order valence-corrected chi connectivity index (χ3v) is 12.3. The summed E-state index contributed by atoms with van der Waals surface area (Å²) in [6.45, 7) is 9.31. The lowest BCUT2D eigenvalue weighted by atomic mass is 9.82. The molecule has 55 heavy (non-hydrogen) atoms. The predicted octanol–water partition coefficient (Wildman–Crippen LogP) is 12.6. The largest absolute Gasteiger partial charge is 0.309 e. The number of hydrogen-bond donors (Lipinski definition) is 0. The first kappa shape index (κ1) is 31.8. The van der Waals surface area contributed by atoms with Gasteiger partial charge in [0, 0.05) is 44.0 Å². The van der Waals surface area contributed by atoms with Crippen molar-refractivity contribution in [3.05, 3.63) is 180 Å². The Morgan fingerprint density at radius 1 is 0.364 bits per heavy atom. The average Bonchev–Trinajstić information content (AvgIpc) is 3.76. The summed E-state index contributed by atoms with van der Waals surface area (Å²) in [5, 5.41) is 2.52. The van der Waals surface area contributed by atoms with Crippen LogP contribution < -0.4 is 0 Å². The minimum absolute atomic E-state index is 0.0866. The number of fused-ring (bicyclic) bond motifs is 9. The molecule has 2 aliphatic rings. The maximum atomic E-state index is 5.16. The van der Waals surface area contributed by atoms with Crippen molar-refractivity contribution in [2.24, 2.45) is 0 Å². The fourth-order valence-corrected chi connectivity index (χ4v) is 9.39. The number of hydrogen-bond acceptors (Lipinski definition) is 3. The van der Waals surface area contributed by atoms with Gasteiger partial charge in [0.15, 0.2) is 17.5 Å². The van der Waals surface area contributed by atoms with E-state index in [1.165, 1.54) is 66.3 Å². The Hall–Kier alpha value is -6.65. The van der Waals surface area contributed by atoms with Gasteiger partial charge in [0.1, 0.15) is 0 Å². The second kappa shape index (κ2) is 11.4. The van der Waals surface area contributed by atoms with Crippen molar-refractivity contribution in [2.75, 3.05) is 0 Å². The van der Waals surface area contributed by atoms with E-state index in [1.807, 2.05) is 18.2 Å². The van der Waals surface area contributed by atoms with Gasteiger partial charge in [-0.25, -0.2) is 15.0 Å². The molecule has 2 aliphatic carbocycles. The van der Waals surface area contributed by atoms with Crippen LogP contribution in [0.25, 0.3) is 83.9 Å². The molecular weight excluding hydrogens is 669 g/mol. The molecule has 0 saturated carbocycles. The molecule has 262 valence electrons. The molecule has 0 radical (unpaired) electrons.